The molecule has 1 saturated heterocycles. The fourth-order valence-corrected chi connectivity index (χ4v) is 1.56. The van der Waals surface area contributed by atoms with Crippen LogP contribution in [0.15, 0.2) is 0 Å². The van der Waals surface area contributed by atoms with Crippen molar-refractivity contribution in [2.24, 2.45) is 0 Å². The number of carbonyl (C=O) groups is 2. The Kier molecular flexibility index (Phi) is 3.93. The standard InChI is InChI=1S/C10H17NO2/c1-11-9(12)7-5-3-2-4-6-8-10(11)13/h2-8H2,1H3. The molecule has 0 atom stereocenters. The van der Waals surface area contributed by atoms with Crippen LogP contribution < -0.4 is 0 Å². The quantitative estimate of drug-likeness (QED) is 0.536. The van der Waals surface area contributed by atoms with Crippen LogP contribution in [-0.4, -0.2) is 23.8 Å². The number of rotatable bonds is 0. The number of carbonyl (C=O) groups excluding carboxylic acids is 2. The minimum absolute atomic E-state index is 0.0214. The predicted molar refractivity (Wildman–Crippen MR) is 50.1 cm³/mol. The molecule has 0 saturated carbocycles. The summed E-state index contributed by atoms with van der Waals surface area (Å²) in [6.45, 7) is 0. The number of hydrogen-bond donors (Lipinski definition) is 0. The lowest BCUT2D eigenvalue weighted by Crippen LogP contribution is -2.33. The van der Waals surface area contributed by atoms with Crippen molar-refractivity contribution in [3.8, 4) is 0 Å². The first kappa shape index (κ1) is 10.2. The fourth-order valence-electron chi connectivity index (χ4n) is 1.56. The molecular weight excluding hydrogens is 166 g/mol. The number of hydrogen-bond acceptors (Lipinski definition) is 2. The topological polar surface area (TPSA) is 37.4 Å². The molecule has 0 N–H and O–H groups in total. The highest BCUT2D eigenvalue weighted by Gasteiger charge is 2.16. The predicted octanol–water partition coefficient (Wildman–Crippen LogP) is 1.72. The molecular formula is C10H17NO2. The SMILES string of the molecule is CN1C(=O)CCCCCCCC1=O. The van der Waals surface area contributed by atoms with Gasteiger partial charge in [-0.25, -0.2) is 0 Å². The summed E-state index contributed by atoms with van der Waals surface area (Å²) < 4.78 is 0. The van der Waals surface area contributed by atoms with Crippen molar-refractivity contribution in [1.29, 1.82) is 0 Å². The van der Waals surface area contributed by atoms with Crippen LogP contribution in [0, 0.1) is 0 Å². The molecule has 13 heavy (non-hydrogen) atoms. The van der Waals surface area contributed by atoms with E-state index in [0.717, 1.165) is 32.1 Å². The zero-order valence-electron chi connectivity index (χ0n) is 8.21. The summed E-state index contributed by atoms with van der Waals surface area (Å²) in [6.07, 6.45) is 6.31. The van der Waals surface area contributed by atoms with Crippen LogP contribution in [-0.2, 0) is 9.59 Å². The van der Waals surface area contributed by atoms with Crippen LogP contribution in [0.5, 0.6) is 0 Å². The molecule has 2 amide bonds. The Morgan fingerprint density at radius 2 is 1.23 bits per heavy atom. The first-order chi connectivity index (χ1) is 6.22. The minimum atomic E-state index is -0.0214. The van der Waals surface area contributed by atoms with Gasteiger partial charge in [-0.2, -0.15) is 0 Å². The normalized spacial score (nSPS) is 21.8. The van der Waals surface area contributed by atoms with Crippen molar-refractivity contribution >= 4 is 11.8 Å². The van der Waals surface area contributed by atoms with Crippen LogP contribution in [0.1, 0.15) is 44.9 Å². The third-order valence-electron chi connectivity index (χ3n) is 2.53. The van der Waals surface area contributed by atoms with E-state index in [-0.39, 0.29) is 11.8 Å². The Balaban J connectivity index is 2.50. The minimum Gasteiger partial charge on any atom is -0.286 e. The largest absolute Gasteiger partial charge is 0.286 e. The number of nitrogens with zero attached hydrogens (tertiary/aromatic N) is 1. The summed E-state index contributed by atoms with van der Waals surface area (Å²) in [5.41, 5.74) is 0. The van der Waals surface area contributed by atoms with E-state index in [2.05, 4.69) is 0 Å². The Hall–Kier alpha value is -0.860. The summed E-state index contributed by atoms with van der Waals surface area (Å²) >= 11 is 0. The zero-order valence-corrected chi connectivity index (χ0v) is 8.21. The third-order valence-corrected chi connectivity index (χ3v) is 2.53. The van der Waals surface area contributed by atoms with Gasteiger partial charge in [0.15, 0.2) is 0 Å². The van der Waals surface area contributed by atoms with Gasteiger partial charge in [0.1, 0.15) is 0 Å². The maximum absolute atomic E-state index is 11.3. The molecule has 0 radical (unpaired) electrons. The molecule has 3 nitrogen and oxygen atoms in total. The molecule has 74 valence electrons. The Morgan fingerprint density at radius 1 is 0.846 bits per heavy atom. The lowest BCUT2D eigenvalue weighted by atomic mass is 10.1. The summed E-state index contributed by atoms with van der Waals surface area (Å²) in [5, 5.41) is 0. The van der Waals surface area contributed by atoms with E-state index in [9.17, 15) is 9.59 Å². The lowest BCUT2D eigenvalue weighted by molar-refractivity contribution is -0.143. The van der Waals surface area contributed by atoms with E-state index in [1.165, 1.54) is 4.90 Å². The van der Waals surface area contributed by atoms with Gasteiger partial charge in [0, 0.05) is 19.9 Å². The van der Waals surface area contributed by atoms with Gasteiger partial charge < -0.3 is 0 Å². The van der Waals surface area contributed by atoms with Gasteiger partial charge in [-0.3, -0.25) is 14.5 Å². The second-order valence-electron chi connectivity index (χ2n) is 3.61. The second-order valence-corrected chi connectivity index (χ2v) is 3.61. The molecule has 3 heteroatoms. The fraction of sp³-hybridized carbons (Fsp3) is 0.800. The molecule has 1 fully saturated rings. The highest BCUT2D eigenvalue weighted by molar-refractivity contribution is 5.94. The van der Waals surface area contributed by atoms with Crippen LogP contribution >= 0.6 is 0 Å². The van der Waals surface area contributed by atoms with Crippen molar-refractivity contribution in [3.63, 3.8) is 0 Å². The average Bonchev–Trinajstić information content (AvgIpc) is 2.13. The Morgan fingerprint density at radius 3 is 1.69 bits per heavy atom. The third kappa shape index (κ3) is 3.17. The molecule has 1 rings (SSSR count). The van der Waals surface area contributed by atoms with E-state index in [4.69, 9.17) is 0 Å². The number of amides is 2. The van der Waals surface area contributed by atoms with Crippen molar-refractivity contribution in [2.45, 2.75) is 44.9 Å². The van der Waals surface area contributed by atoms with Gasteiger partial charge in [-0.15, -0.1) is 0 Å². The Labute approximate surface area is 79.1 Å². The first-order valence-electron chi connectivity index (χ1n) is 5.01. The maximum atomic E-state index is 11.3. The maximum Gasteiger partial charge on any atom is 0.228 e. The molecule has 0 aromatic rings. The Bertz CT molecular complexity index is 181. The molecule has 0 unspecified atom stereocenters. The van der Waals surface area contributed by atoms with E-state index >= 15 is 0 Å². The van der Waals surface area contributed by atoms with Crippen molar-refractivity contribution in [2.75, 3.05) is 7.05 Å². The molecule has 1 aliphatic heterocycles. The lowest BCUT2D eigenvalue weighted by Gasteiger charge is -2.16. The first-order valence-corrected chi connectivity index (χ1v) is 5.01. The van der Waals surface area contributed by atoms with Crippen molar-refractivity contribution in [1.82, 2.24) is 4.90 Å². The van der Waals surface area contributed by atoms with Gasteiger partial charge in [0.2, 0.25) is 11.8 Å². The summed E-state index contributed by atoms with van der Waals surface area (Å²) in [7, 11) is 1.59. The van der Waals surface area contributed by atoms with Crippen LogP contribution in [0.2, 0.25) is 0 Å². The molecule has 0 spiro atoms. The number of imide groups is 1. The molecule has 0 bridgehead atoms. The van der Waals surface area contributed by atoms with E-state index < -0.39 is 0 Å². The van der Waals surface area contributed by atoms with Crippen molar-refractivity contribution < 1.29 is 9.59 Å². The van der Waals surface area contributed by atoms with E-state index in [1.54, 1.807) is 7.05 Å². The van der Waals surface area contributed by atoms with Gasteiger partial charge >= 0.3 is 0 Å². The van der Waals surface area contributed by atoms with E-state index in [0.29, 0.717) is 12.8 Å². The average molecular weight is 183 g/mol. The van der Waals surface area contributed by atoms with Gasteiger partial charge in [-0.05, 0) is 12.8 Å². The van der Waals surface area contributed by atoms with Gasteiger partial charge in [0.05, 0.1) is 0 Å². The molecule has 1 aliphatic rings. The van der Waals surface area contributed by atoms with Gasteiger partial charge in [0.25, 0.3) is 0 Å². The highest BCUT2D eigenvalue weighted by Crippen LogP contribution is 2.12. The second kappa shape index (κ2) is 5.00. The zero-order chi connectivity index (χ0) is 9.68. The summed E-state index contributed by atoms with van der Waals surface area (Å²) in [6, 6.07) is 0. The van der Waals surface area contributed by atoms with Crippen LogP contribution in [0.3, 0.4) is 0 Å². The van der Waals surface area contributed by atoms with Crippen molar-refractivity contribution in [3.05, 3.63) is 0 Å². The van der Waals surface area contributed by atoms with Gasteiger partial charge in [-0.1, -0.05) is 19.3 Å². The van der Waals surface area contributed by atoms with Crippen LogP contribution in [0.25, 0.3) is 0 Å². The highest BCUT2D eigenvalue weighted by atomic mass is 16.2. The monoisotopic (exact) mass is 183 g/mol. The molecule has 0 aliphatic carbocycles. The van der Waals surface area contributed by atoms with E-state index in [1.807, 2.05) is 0 Å². The smallest absolute Gasteiger partial charge is 0.228 e. The molecule has 0 aromatic heterocycles. The summed E-state index contributed by atoms with van der Waals surface area (Å²) in [5.74, 6) is -0.0428. The summed E-state index contributed by atoms with van der Waals surface area (Å²) in [4.78, 5) is 24.0. The molecule has 0 aromatic carbocycles. The molecule has 1 heterocycles. The van der Waals surface area contributed by atoms with Crippen LogP contribution in [0.4, 0.5) is 0 Å².